The minimum absolute atomic E-state index is 0.0695. The molecule has 0 aromatic rings. The number of rotatable bonds is 4. The van der Waals surface area contributed by atoms with Gasteiger partial charge in [0.1, 0.15) is 11.6 Å². The van der Waals surface area contributed by atoms with Gasteiger partial charge in [-0.25, -0.2) is 4.79 Å². The molecule has 1 aliphatic rings. The number of nitrogens with two attached hydrogens (primary N) is 1. The van der Waals surface area contributed by atoms with Gasteiger partial charge in [-0.05, 0) is 45.4 Å². The molecule has 2 unspecified atom stereocenters. The molecule has 3 N–H and O–H groups in total. The van der Waals surface area contributed by atoms with Crippen molar-refractivity contribution >= 4 is 12.0 Å². The predicted molar refractivity (Wildman–Crippen MR) is 64.2 cm³/mol. The molecule has 2 atom stereocenters. The lowest BCUT2D eigenvalue weighted by Crippen LogP contribution is -2.50. The SMILES string of the molecule is CC(C1CC1)C(NC(=O)OC(C)(C)C)C(N)=O. The maximum atomic E-state index is 11.6. The molecule has 0 aliphatic heterocycles. The fourth-order valence-electron chi connectivity index (χ4n) is 1.79. The van der Waals surface area contributed by atoms with E-state index >= 15 is 0 Å². The maximum absolute atomic E-state index is 11.6. The number of hydrogen-bond acceptors (Lipinski definition) is 3. The van der Waals surface area contributed by atoms with E-state index in [0.717, 1.165) is 12.8 Å². The Morgan fingerprint density at radius 3 is 2.24 bits per heavy atom. The molecule has 0 heterocycles. The molecule has 0 aromatic carbocycles. The second-order valence-corrected chi connectivity index (χ2v) is 5.72. The summed E-state index contributed by atoms with van der Waals surface area (Å²) in [6, 6.07) is -0.641. The van der Waals surface area contributed by atoms with E-state index in [1.165, 1.54) is 0 Å². The second-order valence-electron chi connectivity index (χ2n) is 5.72. The summed E-state index contributed by atoms with van der Waals surface area (Å²) in [5, 5.41) is 2.56. The minimum atomic E-state index is -0.641. The zero-order valence-corrected chi connectivity index (χ0v) is 10.9. The molecule has 2 amide bonds. The van der Waals surface area contributed by atoms with E-state index in [9.17, 15) is 9.59 Å². The number of hydrogen-bond donors (Lipinski definition) is 2. The van der Waals surface area contributed by atoms with E-state index in [1.807, 2.05) is 6.92 Å². The van der Waals surface area contributed by atoms with Gasteiger partial charge in [-0.15, -0.1) is 0 Å². The summed E-state index contributed by atoms with van der Waals surface area (Å²) in [5.41, 5.74) is 4.73. The number of nitrogens with one attached hydrogen (secondary N) is 1. The van der Waals surface area contributed by atoms with Gasteiger partial charge in [-0.3, -0.25) is 4.79 Å². The molecule has 0 radical (unpaired) electrons. The summed E-state index contributed by atoms with van der Waals surface area (Å²) < 4.78 is 5.11. The Bertz CT molecular complexity index is 305. The van der Waals surface area contributed by atoms with Crippen molar-refractivity contribution in [1.29, 1.82) is 0 Å². The average molecular weight is 242 g/mol. The molecule has 0 aromatic heterocycles. The predicted octanol–water partition coefficient (Wildman–Crippen LogP) is 1.41. The Kier molecular flexibility index (Phi) is 4.01. The van der Waals surface area contributed by atoms with Gasteiger partial charge in [0.05, 0.1) is 0 Å². The van der Waals surface area contributed by atoms with Crippen molar-refractivity contribution in [2.24, 2.45) is 17.6 Å². The molecule has 1 fully saturated rings. The quantitative estimate of drug-likeness (QED) is 0.782. The van der Waals surface area contributed by atoms with Crippen LogP contribution in [0.1, 0.15) is 40.5 Å². The molecule has 0 saturated heterocycles. The topological polar surface area (TPSA) is 81.4 Å². The van der Waals surface area contributed by atoms with Crippen LogP contribution in [0.4, 0.5) is 4.79 Å². The van der Waals surface area contributed by atoms with E-state index in [4.69, 9.17) is 10.5 Å². The molecule has 0 spiro atoms. The van der Waals surface area contributed by atoms with Gasteiger partial charge < -0.3 is 15.8 Å². The molecule has 0 bridgehead atoms. The normalized spacial score (nSPS) is 19.3. The molecule has 98 valence electrons. The van der Waals surface area contributed by atoms with Crippen molar-refractivity contribution in [2.45, 2.75) is 52.2 Å². The Balaban J connectivity index is 2.54. The number of alkyl carbamates (subject to hydrolysis) is 1. The van der Waals surface area contributed by atoms with Crippen molar-refractivity contribution < 1.29 is 14.3 Å². The monoisotopic (exact) mass is 242 g/mol. The van der Waals surface area contributed by atoms with Gasteiger partial charge in [0.15, 0.2) is 0 Å². The third-order valence-electron chi connectivity index (χ3n) is 2.87. The lowest BCUT2D eigenvalue weighted by molar-refractivity contribution is -0.121. The van der Waals surface area contributed by atoms with Crippen LogP contribution in [-0.2, 0) is 9.53 Å². The average Bonchev–Trinajstić information content (AvgIpc) is 2.92. The third kappa shape index (κ3) is 4.63. The first-order valence-electron chi connectivity index (χ1n) is 5.99. The van der Waals surface area contributed by atoms with Gasteiger partial charge in [-0.1, -0.05) is 6.92 Å². The Morgan fingerprint density at radius 1 is 1.35 bits per heavy atom. The van der Waals surface area contributed by atoms with Crippen LogP contribution in [0, 0.1) is 11.8 Å². The van der Waals surface area contributed by atoms with Crippen LogP contribution in [0.25, 0.3) is 0 Å². The van der Waals surface area contributed by atoms with Crippen LogP contribution in [0.2, 0.25) is 0 Å². The van der Waals surface area contributed by atoms with Gasteiger partial charge in [0, 0.05) is 0 Å². The fourth-order valence-corrected chi connectivity index (χ4v) is 1.79. The Hall–Kier alpha value is -1.26. The van der Waals surface area contributed by atoms with Crippen molar-refractivity contribution in [3.05, 3.63) is 0 Å². The molecule has 5 nitrogen and oxygen atoms in total. The van der Waals surface area contributed by atoms with E-state index in [0.29, 0.717) is 5.92 Å². The van der Waals surface area contributed by atoms with Crippen molar-refractivity contribution in [1.82, 2.24) is 5.32 Å². The third-order valence-corrected chi connectivity index (χ3v) is 2.87. The summed E-state index contributed by atoms with van der Waals surface area (Å²) in [7, 11) is 0. The molecule has 1 rings (SSSR count). The largest absolute Gasteiger partial charge is 0.444 e. The summed E-state index contributed by atoms with van der Waals surface area (Å²) in [4.78, 5) is 22.9. The molecule has 5 heteroatoms. The van der Waals surface area contributed by atoms with E-state index in [1.54, 1.807) is 20.8 Å². The summed E-state index contributed by atoms with van der Waals surface area (Å²) in [5.74, 6) is 0.0534. The molecule has 17 heavy (non-hydrogen) atoms. The second kappa shape index (κ2) is 4.94. The first-order chi connectivity index (χ1) is 7.70. The lowest BCUT2D eigenvalue weighted by Gasteiger charge is -2.25. The van der Waals surface area contributed by atoms with Crippen molar-refractivity contribution in [2.75, 3.05) is 0 Å². The highest BCUT2D eigenvalue weighted by Gasteiger charge is 2.37. The minimum Gasteiger partial charge on any atom is -0.444 e. The summed E-state index contributed by atoms with van der Waals surface area (Å²) >= 11 is 0. The van der Waals surface area contributed by atoms with Crippen LogP contribution >= 0.6 is 0 Å². The van der Waals surface area contributed by atoms with E-state index < -0.39 is 23.6 Å². The fraction of sp³-hybridized carbons (Fsp3) is 0.833. The first-order valence-corrected chi connectivity index (χ1v) is 5.99. The molecule has 1 saturated carbocycles. The lowest BCUT2D eigenvalue weighted by atomic mass is 9.96. The zero-order chi connectivity index (χ0) is 13.2. The highest BCUT2D eigenvalue weighted by atomic mass is 16.6. The summed E-state index contributed by atoms with van der Waals surface area (Å²) in [6.45, 7) is 7.26. The molecular weight excluding hydrogens is 220 g/mol. The highest BCUT2D eigenvalue weighted by molar-refractivity contribution is 5.84. The van der Waals surface area contributed by atoms with Gasteiger partial charge >= 0.3 is 6.09 Å². The number of amides is 2. The smallest absolute Gasteiger partial charge is 0.408 e. The molecule has 1 aliphatic carbocycles. The number of carbonyl (C=O) groups excluding carboxylic acids is 2. The van der Waals surface area contributed by atoms with Crippen molar-refractivity contribution in [3.63, 3.8) is 0 Å². The zero-order valence-electron chi connectivity index (χ0n) is 10.9. The van der Waals surface area contributed by atoms with E-state index in [-0.39, 0.29) is 5.92 Å². The van der Waals surface area contributed by atoms with Crippen LogP contribution in [0.3, 0.4) is 0 Å². The van der Waals surface area contributed by atoms with Crippen LogP contribution < -0.4 is 11.1 Å². The van der Waals surface area contributed by atoms with Gasteiger partial charge in [0.25, 0.3) is 0 Å². The Morgan fingerprint density at radius 2 is 1.88 bits per heavy atom. The number of primary amides is 1. The van der Waals surface area contributed by atoms with Crippen LogP contribution in [-0.4, -0.2) is 23.6 Å². The Labute approximate surface area is 102 Å². The number of ether oxygens (including phenoxy) is 1. The summed E-state index contributed by atoms with van der Waals surface area (Å²) in [6.07, 6.45) is 1.61. The highest BCUT2D eigenvalue weighted by Crippen LogP contribution is 2.38. The maximum Gasteiger partial charge on any atom is 0.408 e. The van der Waals surface area contributed by atoms with Crippen molar-refractivity contribution in [3.8, 4) is 0 Å². The van der Waals surface area contributed by atoms with Gasteiger partial charge in [0.2, 0.25) is 5.91 Å². The standard InChI is InChI=1S/C12H22N2O3/c1-7(8-5-6-8)9(10(13)15)14-11(16)17-12(2,3)4/h7-9H,5-6H2,1-4H3,(H2,13,15)(H,14,16). The molecular formula is C12H22N2O3. The van der Waals surface area contributed by atoms with Gasteiger partial charge in [-0.2, -0.15) is 0 Å². The van der Waals surface area contributed by atoms with Crippen LogP contribution in [0.15, 0.2) is 0 Å². The van der Waals surface area contributed by atoms with E-state index in [2.05, 4.69) is 5.32 Å². The number of carbonyl (C=O) groups is 2. The first kappa shape index (κ1) is 13.8. The van der Waals surface area contributed by atoms with Crippen LogP contribution in [0.5, 0.6) is 0 Å².